The van der Waals surface area contributed by atoms with Gasteiger partial charge in [0.25, 0.3) is 0 Å². The molecule has 5 aliphatic rings. The molecule has 2 aromatic heterocycles. The fourth-order valence-electron chi connectivity index (χ4n) is 12.5. The number of piperazine rings is 1. The summed E-state index contributed by atoms with van der Waals surface area (Å²) in [6, 6.07) is 9.25. The highest BCUT2D eigenvalue weighted by molar-refractivity contribution is 6.90. The van der Waals surface area contributed by atoms with E-state index in [1.54, 1.807) is 0 Å². The lowest BCUT2D eigenvalue weighted by molar-refractivity contribution is 0.0469. The van der Waals surface area contributed by atoms with E-state index in [4.69, 9.17) is 23.9 Å². The lowest BCUT2D eigenvalue weighted by Gasteiger charge is -2.47. The van der Waals surface area contributed by atoms with E-state index in [0.717, 1.165) is 60.4 Å². The second-order valence-corrected chi connectivity index (χ2v) is 28.6. The third-order valence-corrected chi connectivity index (χ3v) is 22.4. The predicted octanol–water partition coefficient (Wildman–Crippen LogP) is 11.6. The molecule has 1 saturated carbocycles. The van der Waals surface area contributed by atoms with Crippen LogP contribution < -0.4 is 19.7 Å². The Morgan fingerprint density at radius 3 is 2.42 bits per heavy atom. The number of amides is 2. The molecule has 13 nitrogen and oxygen atoms in total. The van der Waals surface area contributed by atoms with Crippen LogP contribution in [0, 0.1) is 22.7 Å². The van der Waals surface area contributed by atoms with E-state index < -0.39 is 44.0 Å². The second kappa shape index (κ2) is 19.6. The molecule has 6 atom stereocenters. The number of carbonyl (C=O) groups is 2. The average Bonchev–Trinajstić information content (AvgIpc) is 3.87. The summed E-state index contributed by atoms with van der Waals surface area (Å²) in [5, 5.41) is 5.25. The zero-order valence-corrected chi connectivity index (χ0v) is 44.5. The second-order valence-electron chi connectivity index (χ2n) is 23.0. The van der Waals surface area contributed by atoms with E-state index in [9.17, 15) is 14.0 Å². The van der Waals surface area contributed by atoms with E-state index in [1.165, 1.54) is 0 Å². The van der Waals surface area contributed by atoms with Crippen molar-refractivity contribution >= 4 is 53.4 Å². The summed E-state index contributed by atoms with van der Waals surface area (Å²) in [5.41, 5.74) is 6.97. The summed E-state index contributed by atoms with van der Waals surface area (Å²) >= 11 is 0. The summed E-state index contributed by atoms with van der Waals surface area (Å²) in [4.78, 5) is 48.0. The van der Waals surface area contributed by atoms with Crippen molar-refractivity contribution in [3.05, 3.63) is 53.5 Å². The van der Waals surface area contributed by atoms with Gasteiger partial charge in [0.15, 0.2) is 5.82 Å². The van der Waals surface area contributed by atoms with Crippen LogP contribution in [0.3, 0.4) is 0 Å². The van der Waals surface area contributed by atoms with Gasteiger partial charge in [-0.25, -0.2) is 23.4 Å². The number of fused-ring (bicyclic) bond motifs is 6. The molecule has 9 rings (SSSR count). The Bertz CT molecular complexity index is 2710. The van der Waals surface area contributed by atoms with Gasteiger partial charge in [-0.15, -0.1) is 5.54 Å². The van der Waals surface area contributed by atoms with Crippen molar-refractivity contribution in [2.75, 3.05) is 49.6 Å². The quantitative estimate of drug-likeness (QED) is 0.101. The SMILES string of the molecule is CCC(COC(=O)N1[C@@H]2CC[C@H]1[C@H]1[C@H](C)Oc3ncc(F)c4nc(OCC5(CN6CC[C@@H](F)C6)CC5)nc(c34)N1C2)c1cc(NC(=O)OC(C)(C)C)cc2cccc(C#C[Si](C(C)C)(C(C)C)C(C)C)c12. The van der Waals surface area contributed by atoms with Gasteiger partial charge in [-0.2, -0.15) is 9.97 Å². The first-order valence-corrected chi connectivity index (χ1v) is 28.3. The van der Waals surface area contributed by atoms with E-state index in [1.807, 2.05) is 56.9 Å². The molecule has 1 unspecified atom stereocenters. The van der Waals surface area contributed by atoms with Crippen LogP contribution in [-0.4, -0.2) is 120 Å². The number of aromatic nitrogens is 3. The van der Waals surface area contributed by atoms with Crippen molar-refractivity contribution in [2.45, 2.75) is 173 Å². The van der Waals surface area contributed by atoms with Crippen molar-refractivity contribution in [3.8, 4) is 23.4 Å². The highest BCUT2D eigenvalue weighted by Gasteiger charge is 2.54. The number of pyridine rings is 1. The van der Waals surface area contributed by atoms with E-state index in [-0.39, 0.29) is 53.5 Å². The molecule has 2 bridgehead atoms. The van der Waals surface area contributed by atoms with Crippen molar-refractivity contribution < 1.29 is 37.3 Å². The maximum atomic E-state index is 15.8. The third kappa shape index (κ3) is 9.98. The summed E-state index contributed by atoms with van der Waals surface area (Å²) in [6.07, 6.45) is 3.44. The fraction of sp³-hybridized carbons (Fsp3) is 0.618. The number of likely N-dealkylation sites (tertiary alicyclic amines) is 1. The predicted molar refractivity (Wildman–Crippen MR) is 276 cm³/mol. The van der Waals surface area contributed by atoms with Crippen LogP contribution in [0.4, 0.5) is 29.9 Å². The molecule has 4 aliphatic heterocycles. The lowest BCUT2D eigenvalue weighted by atomic mass is 9.89. The van der Waals surface area contributed by atoms with Gasteiger partial charge < -0.3 is 23.8 Å². The van der Waals surface area contributed by atoms with Gasteiger partial charge in [-0.05, 0) is 112 Å². The van der Waals surface area contributed by atoms with Crippen LogP contribution in [0.15, 0.2) is 36.5 Å². The van der Waals surface area contributed by atoms with Crippen LogP contribution in [0.5, 0.6) is 11.9 Å². The summed E-state index contributed by atoms with van der Waals surface area (Å²) in [7, 11) is -2.10. The molecule has 0 radical (unpaired) electrons. The summed E-state index contributed by atoms with van der Waals surface area (Å²) in [6.45, 7) is 26.2. The number of rotatable bonds is 13. The Morgan fingerprint density at radius 2 is 1.76 bits per heavy atom. The Hall–Kier alpha value is -5.27. The molecular weight excluding hydrogens is 921 g/mol. The number of halogens is 2. The van der Waals surface area contributed by atoms with Crippen LogP contribution in [0.2, 0.25) is 16.6 Å². The fourth-order valence-corrected chi connectivity index (χ4v) is 17.7. The molecule has 4 aromatic rings. The molecule has 382 valence electrons. The Labute approximate surface area is 419 Å². The maximum absolute atomic E-state index is 15.8. The minimum Gasteiger partial charge on any atom is -0.472 e. The number of benzene rings is 2. The summed E-state index contributed by atoms with van der Waals surface area (Å²) < 4.78 is 54.8. The Kier molecular flexibility index (Phi) is 14.0. The number of anilines is 2. The minimum atomic E-state index is -2.10. The third-order valence-electron chi connectivity index (χ3n) is 16.1. The highest BCUT2D eigenvalue weighted by atomic mass is 28.3. The summed E-state index contributed by atoms with van der Waals surface area (Å²) in [5.74, 6) is 3.57. The van der Waals surface area contributed by atoms with Crippen molar-refractivity contribution in [1.29, 1.82) is 0 Å². The number of nitrogens with zero attached hydrogens (tertiary/aromatic N) is 6. The Morgan fingerprint density at radius 1 is 1.01 bits per heavy atom. The first kappa shape index (κ1) is 50.7. The first-order valence-electron chi connectivity index (χ1n) is 26.0. The van der Waals surface area contributed by atoms with Crippen molar-refractivity contribution in [1.82, 2.24) is 24.8 Å². The molecule has 4 fully saturated rings. The van der Waals surface area contributed by atoms with Crippen LogP contribution in [-0.2, 0) is 9.47 Å². The number of hydrogen-bond acceptors (Lipinski definition) is 11. The van der Waals surface area contributed by atoms with E-state index in [2.05, 4.69) is 91.1 Å². The molecule has 16 heteroatoms. The van der Waals surface area contributed by atoms with E-state index >= 15 is 4.39 Å². The first-order chi connectivity index (χ1) is 33.7. The van der Waals surface area contributed by atoms with E-state index in [0.29, 0.717) is 72.5 Å². The molecule has 1 aliphatic carbocycles. The molecule has 3 saturated heterocycles. The molecule has 2 aromatic carbocycles. The normalized spacial score (nSPS) is 23.1. The maximum Gasteiger partial charge on any atom is 0.412 e. The van der Waals surface area contributed by atoms with Crippen LogP contribution >= 0.6 is 0 Å². The number of nitrogens with one attached hydrogen (secondary N) is 1. The highest BCUT2D eigenvalue weighted by Crippen LogP contribution is 2.49. The molecule has 1 N–H and O–H groups in total. The molecule has 2 amide bonds. The zero-order valence-electron chi connectivity index (χ0n) is 43.5. The van der Waals surface area contributed by atoms with Gasteiger partial charge in [0.2, 0.25) is 5.88 Å². The van der Waals surface area contributed by atoms with Gasteiger partial charge >= 0.3 is 18.2 Å². The topological polar surface area (TPSA) is 131 Å². The molecule has 71 heavy (non-hydrogen) atoms. The van der Waals surface area contributed by atoms with Gasteiger partial charge in [-0.3, -0.25) is 15.1 Å². The number of ether oxygens (including phenoxy) is 4. The van der Waals surface area contributed by atoms with Gasteiger partial charge in [0, 0.05) is 54.1 Å². The monoisotopic (exact) mass is 994 g/mol. The van der Waals surface area contributed by atoms with Gasteiger partial charge in [-0.1, -0.05) is 66.5 Å². The number of alkyl halides is 1. The largest absolute Gasteiger partial charge is 0.472 e. The molecule has 0 spiro atoms. The smallest absolute Gasteiger partial charge is 0.412 e. The standard InChI is InChI=1S/C55H73F2N7O6Si/c1-12-36(42-25-40(59-52(65)70-54(9,10)11)24-38-15-13-14-37(45(38)42)19-23-71(32(2)3,33(4)5)34(6)7)29-67-53(66)64-41-16-17-44(64)48-35(8)69-50-46-47(43(57)26-58-50)60-51(61-49(46)63(48)28-41)68-31-55(20-21-55)30-62-22-18-39(56)27-62/h13-15,24-26,32-36,39,41,44,48H,12,16-18,20-22,27-31H2,1-11H3,(H,59,65)/t35-,36?,39+,41+,44-,48+/m0/s1. The van der Waals surface area contributed by atoms with Crippen LogP contribution in [0.1, 0.15) is 132 Å². The molecule has 6 heterocycles. The number of carbonyl (C=O) groups excluding carboxylic acids is 2. The average molecular weight is 994 g/mol. The minimum absolute atomic E-state index is 0.0699. The van der Waals surface area contributed by atoms with Crippen LogP contribution in [0.25, 0.3) is 21.7 Å². The molecular formula is C55H73F2N7O6Si. The number of hydrogen-bond donors (Lipinski definition) is 1. The van der Waals surface area contributed by atoms with Gasteiger partial charge in [0.05, 0.1) is 30.9 Å². The Balaban J connectivity index is 0.997. The lowest BCUT2D eigenvalue weighted by Crippen LogP contribution is -2.65. The zero-order chi connectivity index (χ0) is 50.7. The van der Waals surface area contributed by atoms with Gasteiger partial charge in [0.1, 0.15) is 49.3 Å². The van der Waals surface area contributed by atoms with Crippen molar-refractivity contribution in [2.24, 2.45) is 5.41 Å². The van der Waals surface area contributed by atoms with Crippen molar-refractivity contribution in [3.63, 3.8) is 0 Å².